The van der Waals surface area contributed by atoms with Crippen molar-refractivity contribution in [3.8, 4) is 0 Å². The zero-order chi connectivity index (χ0) is 16.3. The first kappa shape index (κ1) is 16.1. The van der Waals surface area contributed by atoms with E-state index in [2.05, 4.69) is 4.72 Å². The molecule has 0 saturated heterocycles. The van der Waals surface area contributed by atoms with Gasteiger partial charge < -0.3 is 0 Å². The molecule has 0 unspecified atom stereocenters. The summed E-state index contributed by atoms with van der Waals surface area (Å²) in [4.78, 5) is 10.1. The van der Waals surface area contributed by atoms with Crippen LogP contribution < -0.4 is 4.72 Å². The van der Waals surface area contributed by atoms with Crippen LogP contribution in [0.4, 0.5) is 5.69 Å². The second kappa shape index (κ2) is 6.25. The van der Waals surface area contributed by atoms with E-state index in [0.717, 1.165) is 11.6 Å². The number of nitro benzene ring substituents is 1. The first-order valence-corrected chi connectivity index (χ1v) is 8.12. The Balaban J connectivity index is 2.35. The highest BCUT2D eigenvalue weighted by Gasteiger charge is 2.22. The van der Waals surface area contributed by atoms with Crippen LogP contribution >= 0.6 is 0 Å². The van der Waals surface area contributed by atoms with E-state index in [9.17, 15) is 18.5 Å². The van der Waals surface area contributed by atoms with E-state index in [1.165, 1.54) is 12.1 Å². The highest BCUT2D eigenvalue weighted by Crippen LogP contribution is 2.23. The number of hydrogen-bond acceptors (Lipinski definition) is 4. The Morgan fingerprint density at radius 2 is 1.77 bits per heavy atom. The third-order valence-corrected chi connectivity index (χ3v) is 4.99. The molecule has 0 heterocycles. The number of nitro groups is 1. The fourth-order valence-corrected chi connectivity index (χ4v) is 3.59. The minimum absolute atomic E-state index is 0.0792. The van der Waals surface area contributed by atoms with Crippen molar-refractivity contribution in [1.29, 1.82) is 0 Å². The third kappa shape index (κ3) is 3.49. The van der Waals surface area contributed by atoms with Gasteiger partial charge in [0.15, 0.2) is 0 Å². The van der Waals surface area contributed by atoms with Crippen LogP contribution in [0.15, 0.2) is 53.4 Å². The molecule has 0 aliphatic rings. The maximum atomic E-state index is 12.5. The molecular formula is C15H16N2O4S. The van der Waals surface area contributed by atoms with Gasteiger partial charge in [-0.05, 0) is 25.0 Å². The van der Waals surface area contributed by atoms with Crippen LogP contribution in [0.25, 0.3) is 0 Å². The first-order valence-electron chi connectivity index (χ1n) is 6.63. The van der Waals surface area contributed by atoms with Crippen LogP contribution in [0.1, 0.15) is 24.1 Å². The van der Waals surface area contributed by atoms with Gasteiger partial charge in [0.25, 0.3) is 5.69 Å². The lowest BCUT2D eigenvalue weighted by Crippen LogP contribution is -2.27. The van der Waals surface area contributed by atoms with Gasteiger partial charge in [-0.1, -0.05) is 36.4 Å². The maximum absolute atomic E-state index is 12.5. The summed E-state index contributed by atoms with van der Waals surface area (Å²) >= 11 is 0. The number of hydrogen-bond donors (Lipinski definition) is 1. The van der Waals surface area contributed by atoms with Crippen LogP contribution in [0, 0.1) is 17.0 Å². The largest absolute Gasteiger partial charge is 0.270 e. The minimum atomic E-state index is -3.85. The van der Waals surface area contributed by atoms with Crippen molar-refractivity contribution >= 4 is 15.7 Å². The second-order valence-electron chi connectivity index (χ2n) is 4.96. The van der Waals surface area contributed by atoms with Crippen molar-refractivity contribution in [3.63, 3.8) is 0 Å². The molecule has 0 saturated carbocycles. The Kier molecular flexibility index (Phi) is 4.58. The number of benzene rings is 2. The summed E-state index contributed by atoms with van der Waals surface area (Å²) in [6.07, 6.45) is 0. The van der Waals surface area contributed by atoms with Gasteiger partial charge in [-0.2, -0.15) is 0 Å². The van der Waals surface area contributed by atoms with Crippen LogP contribution in [0.5, 0.6) is 0 Å². The zero-order valence-corrected chi connectivity index (χ0v) is 13.0. The molecule has 116 valence electrons. The van der Waals surface area contributed by atoms with Crippen LogP contribution in [0.3, 0.4) is 0 Å². The zero-order valence-electron chi connectivity index (χ0n) is 12.2. The molecule has 0 spiro atoms. The van der Waals surface area contributed by atoms with E-state index in [1.54, 1.807) is 13.8 Å². The third-order valence-electron chi connectivity index (χ3n) is 3.30. The molecule has 22 heavy (non-hydrogen) atoms. The molecule has 0 radical (unpaired) electrons. The number of nitrogens with zero attached hydrogens (tertiary/aromatic N) is 1. The molecule has 0 amide bonds. The lowest BCUT2D eigenvalue weighted by Gasteiger charge is -2.15. The van der Waals surface area contributed by atoms with E-state index < -0.39 is 21.0 Å². The molecule has 0 bridgehead atoms. The van der Waals surface area contributed by atoms with E-state index in [-0.39, 0.29) is 10.6 Å². The topological polar surface area (TPSA) is 89.3 Å². The Labute approximate surface area is 129 Å². The summed E-state index contributed by atoms with van der Waals surface area (Å²) in [6, 6.07) is 12.5. The fraction of sp³-hybridized carbons (Fsp3) is 0.200. The van der Waals surface area contributed by atoms with Gasteiger partial charge in [-0.15, -0.1) is 0 Å². The Morgan fingerprint density at radius 3 is 2.36 bits per heavy atom. The fourth-order valence-electron chi connectivity index (χ4n) is 2.10. The summed E-state index contributed by atoms with van der Waals surface area (Å²) in [5.74, 6) is 0. The summed E-state index contributed by atoms with van der Waals surface area (Å²) < 4.78 is 27.5. The van der Waals surface area contributed by atoms with Gasteiger partial charge in [0.05, 0.1) is 9.82 Å². The van der Waals surface area contributed by atoms with E-state index in [1.807, 2.05) is 30.3 Å². The highest BCUT2D eigenvalue weighted by molar-refractivity contribution is 7.89. The number of rotatable bonds is 5. The van der Waals surface area contributed by atoms with Gasteiger partial charge >= 0.3 is 0 Å². The highest BCUT2D eigenvalue weighted by atomic mass is 32.2. The van der Waals surface area contributed by atoms with Crippen LogP contribution in [0.2, 0.25) is 0 Å². The minimum Gasteiger partial charge on any atom is -0.258 e. The molecule has 0 fully saturated rings. The predicted octanol–water partition coefficient (Wildman–Crippen LogP) is 2.94. The van der Waals surface area contributed by atoms with Crippen LogP contribution in [-0.4, -0.2) is 13.3 Å². The van der Waals surface area contributed by atoms with E-state index >= 15 is 0 Å². The quantitative estimate of drug-likeness (QED) is 0.677. The molecule has 2 aromatic carbocycles. The molecule has 2 rings (SSSR count). The Hall–Kier alpha value is -2.25. The molecule has 0 aliphatic heterocycles. The Morgan fingerprint density at radius 1 is 1.14 bits per heavy atom. The average molecular weight is 320 g/mol. The molecular weight excluding hydrogens is 304 g/mol. The van der Waals surface area contributed by atoms with Gasteiger partial charge in [0, 0.05) is 18.2 Å². The summed E-state index contributed by atoms with van der Waals surface area (Å²) in [5.41, 5.74) is 1.02. The lowest BCUT2D eigenvalue weighted by atomic mass is 10.1. The number of nitrogens with one attached hydrogen (secondary N) is 1. The molecule has 0 aromatic heterocycles. The van der Waals surface area contributed by atoms with Gasteiger partial charge in [-0.3, -0.25) is 10.1 Å². The van der Waals surface area contributed by atoms with Crippen molar-refractivity contribution in [3.05, 3.63) is 69.8 Å². The van der Waals surface area contributed by atoms with E-state index in [0.29, 0.717) is 5.56 Å². The molecule has 7 heteroatoms. The predicted molar refractivity (Wildman–Crippen MR) is 83.0 cm³/mol. The SMILES string of the molecule is Cc1ccc([N+](=O)[O-])cc1S(=O)(=O)N[C@@H](C)c1ccccc1. The van der Waals surface area contributed by atoms with Crippen LogP contribution in [-0.2, 0) is 10.0 Å². The van der Waals surface area contributed by atoms with Gasteiger partial charge in [-0.25, -0.2) is 13.1 Å². The van der Waals surface area contributed by atoms with Crippen molar-refractivity contribution in [2.75, 3.05) is 0 Å². The summed E-state index contributed by atoms with van der Waals surface area (Å²) in [6.45, 7) is 3.32. The number of non-ortho nitro benzene ring substituents is 1. The number of aryl methyl sites for hydroxylation is 1. The van der Waals surface area contributed by atoms with Crippen molar-refractivity contribution in [2.45, 2.75) is 24.8 Å². The second-order valence-corrected chi connectivity index (χ2v) is 6.64. The summed E-state index contributed by atoms with van der Waals surface area (Å²) in [7, 11) is -3.85. The van der Waals surface area contributed by atoms with Gasteiger partial charge in [0.1, 0.15) is 0 Å². The molecule has 2 aromatic rings. The molecule has 1 N–H and O–H groups in total. The first-order chi connectivity index (χ1) is 10.3. The summed E-state index contributed by atoms with van der Waals surface area (Å²) in [5, 5.41) is 10.8. The molecule has 1 atom stereocenters. The molecule has 6 nitrogen and oxygen atoms in total. The average Bonchev–Trinajstić information content (AvgIpc) is 2.47. The lowest BCUT2D eigenvalue weighted by molar-refractivity contribution is -0.385. The van der Waals surface area contributed by atoms with Gasteiger partial charge in [0.2, 0.25) is 10.0 Å². The standard InChI is InChI=1S/C15H16N2O4S/c1-11-8-9-14(17(18)19)10-15(11)22(20,21)16-12(2)13-6-4-3-5-7-13/h3-10,12,16H,1-2H3/t12-/m0/s1. The monoisotopic (exact) mass is 320 g/mol. The smallest absolute Gasteiger partial charge is 0.258 e. The Bertz CT molecular complexity index is 788. The van der Waals surface area contributed by atoms with E-state index in [4.69, 9.17) is 0 Å². The number of sulfonamides is 1. The normalized spacial score (nSPS) is 12.8. The van der Waals surface area contributed by atoms with Crippen molar-refractivity contribution in [2.24, 2.45) is 0 Å². The molecule has 0 aliphatic carbocycles. The van der Waals surface area contributed by atoms with Crippen molar-refractivity contribution in [1.82, 2.24) is 4.72 Å². The maximum Gasteiger partial charge on any atom is 0.270 e. The van der Waals surface area contributed by atoms with Crippen molar-refractivity contribution < 1.29 is 13.3 Å².